The lowest BCUT2D eigenvalue weighted by Crippen LogP contribution is -2.29. The molecule has 0 radical (unpaired) electrons. The van der Waals surface area contributed by atoms with Crippen molar-refractivity contribution in [3.8, 4) is 0 Å². The Kier molecular flexibility index (Phi) is 3.14. The smallest absolute Gasteiger partial charge is 0.337 e. The summed E-state index contributed by atoms with van der Waals surface area (Å²) in [5.41, 5.74) is -0.384. The second-order valence-electron chi connectivity index (χ2n) is 4.13. The molecule has 0 saturated carbocycles. The molecular formula is C10H13NO3S. The number of hydrogen-bond donors (Lipinski definition) is 1. The lowest BCUT2D eigenvalue weighted by Gasteiger charge is -2.18. The SMILES string of the molecule is CC(C)(C)/[N+]([O-])=C/c1sccc1C(=O)O. The van der Waals surface area contributed by atoms with E-state index in [0.717, 1.165) is 4.74 Å². The maximum Gasteiger partial charge on any atom is 0.337 e. The first-order valence-electron chi connectivity index (χ1n) is 4.44. The molecule has 1 rings (SSSR count). The van der Waals surface area contributed by atoms with E-state index in [2.05, 4.69) is 0 Å². The number of hydrogen-bond acceptors (Lipinski definition) is 3. The highest BCUT2D eigenvalue weighted by Crippen LogP contribution is 2.15. The van der Waals surface area contributed by atoms with E-state index in [1.807, 2.05) is 0 Å². The van der Waals surface area contributed by atoms with Gasteiger partial charge in [0.2, 0.25) is 0 Å². The van der Waals surface area contributed by atoms with Crippen LogP contribution < -0.4 is 0 Å². The van der Waals surface area contributed by atoms with Crippen molar-refractivity contribution in [2.45, 2.75) is 26.3 Å². The van der Waals surface area contributed by atoms with Crippen molar-refractivity contribution in [1.29, 1.82) is 0 Å². The van der Waals surface area contributed by atoms with Gasteiger partial charge in [0, 0.05) is 20.8 Å². The van der Waals surface area contributed by atoms with Gasteiger partial charge in [-0.2, -0.15) is 0 Å². The Morgan fingerprint density at radius 3 is 2.67 bits per heavy atom. The maximum atomic E-state index is 11.6. The van der Waals surface area contributed by atoms with Crippen LogP contribution in [0.25, 0.3) is 0 Å². The minimum absolute atomic E-state index is 0.171. The minimum atomic E-state index is -1.01. The van der Waals surface area contributed by atoms with Crippen LogP contribution in [-0.4, -0.2) is 27.6 Å². The van der Waals surface area contributed by atoms with Crippen LogP contribution in [0.1, 0.15) is 36.0 Å². The minimum Gasteiger partial charge on any atom is -0.623 e. The molecule has 0 fully saturated rings. The summed E-state index contributed by atoms with van der Waals surface area (Å²) in [4.78, 5) is 11.3. The number of thiophene rings is 1. The van der Waals surface area contributed by atoms with Gasteiger partial charge in [0.1, 0.15) is 4.88 Å². The average molecular weight is 227 g/mol. The summed E-state index contributed by atoms with van der Waals surface area (Å²) in [7, 11) is 0. The topological polar surface area (TPSA) is 63.4 Å². The first-order chi connectivity index (χ1) is 6.82. The van der Waals surface area contributed by atoms with Crippen molar-refractivity contribution in [3.63, 3.8) is 0 Å². The van der Waals surface area contributed by atoms with E-state index in [1.165, 1.54) is 23.6 Å². The van der Waals surface area contributed by atoms with Gasteiger partial charge < -0.3 is 10.3 Å². The van der Waals surface area contributed by atoms with Crippen LogP contribution >= 0.6 is 11.3 Å². The molecule has 0 unspecified atom stereocenters. The number of carboxylic acids is 1. The summed E-state index contributed by atoms with van der Waals surface area (Å²) >= 11 is 1.24. The average Bonchev–Trinajstić information content (AvgIpc) is 2.50. The van der Waals surface area contributed by atoms with Crippen LogP contribution in [0, 0.1) is 5.21 Å². The van der Waals surface area contributed by atoms with Crippen molar-refractivity contribution in [2.75, 3.05) is 0 Å². The molecule has 0 aromatic carbocycles. The highest BCUT2D eigenvalue weighted by atomic mass is 32.1. The zero-order valence-corrected chi connectivity index (χ0v) is 9.67. The molecule has 0 aliphatic heterocycles. The first-order valence-corrected chi connectivity index (χ1v) is 5.32. The van der Waals surface area contributed by atoms with E-state index in [-0.39, 0.29) is 5.56 Å². The summed E-state index contributed by atoms with van der Waals surface area (Å²) in [6.45, 7) is 5.31. The molecular weight excluding hydrogens is 214 g/mol. The number of carbonyl (C=O) groups is 1. The monoisotopic (exact) mass is 227 g/mol. The molecule has 0 amide bonds. The zero-order chi connectivity index (χ0) is 11.6. The third kappa shape index (κ3) is 2.79. The molecule has 0 atom stereocenters. The highest BCUT2D eigenvalue weighted by molar-refractivity contribution is 7.12. The van der Waals surface area contributed by atoms with E-state index >= 15 is 0 Å². The first kappa shape index (κ1) is 11.7. The van der Waals surface area contributed by atoms with Crippen LogP contribution in [-0.2, 0) is 0 Å². The van der Waals surface area contributed by atoms with Crippen LogP contribution in [0.4, 0.5) is 0 Å². The van der Waals surface area contributed by atoms with Gasteiger partial charge in [-0.15, -0.1) is 11.3 Å². The Balaban J connectivity index is 3.09. The Morgan fingerprint density at radius 2 is 2.20 bits per heavy atom. The molecule has 0 spiro atoms. The lowest BCUT2D eigenvalue weighted by atomic mass is 10.1. The van der Waals surface area contributed by atoms with Crippen LogP contribution in [0.5, 0.6) is 0 Å². The molecule has 0 saturated heterocycles. The third-order valence-corrected chi connectivity index (χ3v) is 2.67. The summed E-state index contributed by atoms with van der Waals surface area (Å²) < 4.78 is 0.769. The van der Waals surface area contributed by atoms with Crippen molar-refractivity contribution in [2.24, 2.45) is 0 Å². The van der Waals surface area contributed by atoms with Crippen LogP contribution in [0.2, 0.25) is 0 Å². The summed E-state index contributed by atoms with van der Waals surface area (Å²) in [5.74, 6) is -1.01. The summed E-state index contributed by atoms with van der Waals surface area (Å²) in [6.07, 6.45) is 1.33. The number of aromatic carboxylic acids is 1. The number of nitrogens with zero attached hydrogens (tertiary/aromatic N) is 1. The van der Waals surface area contributed by atoms with Gasteiger partial charge in [-0.3, -0.25) is 0 Å². The largest absolute Gasteiger partial charge is 0.623 e. The van der Waals surface area contributed by atoms with E-state index in [1.54, 1.807) is 26.2 Å². The molecule has 1 aromatic rings. The molecule has 0 aliphatic carbocycles. The summed E-state index contributed by atoms with van der Waals surface area (Å²) in [6, 6.07) is 1.50. The predicted molar refractivity (Wildman–Crippen MR) is 59.8 cm³/mol. The second-order valence-corrected chi connectivity index (χ2v) is 5.08. The van der Waals surface area contributed by atoms with E-state index in [4.69, 9.17) is 5.11 Å². The van der Waals surface area contributed by atoms with Crippen molar-refractivity contribution >= 4 is 23.5 Å². The molecule has 0 aliphatic rings. The van der Waals surface area contributed by atoms with Gasteiger partial charge >= 0.3 is 5.97 Å². The predicted octanol–water partition coefficient (Wildman–Crippen LogP) is 2.17. The number of rotatable bonds is 2. The van der Waals surface area contributed by atoms with Gasteiger partial charge in [-0.05, 0) is 11.4 Å². The molecule has 0 bridgehead atoms. The number of hydroxylamine groups is 1. The molecule has 1 N–H and O–H groups in total. The fourth-order valence-corrected chi connectivity index (χ4v) is 1.69. The van der Waals surface area contributed by atoms with E-state index in [9.17, 15) is 10.0 Å². The quantitative estimate of drug-likeness (QED) is 0.364. The zero-order valence-electron chi connectivity index (χ0n) is 8.85. The van der Waals surface area contributed by atoms with Crippen molar-refractivity contribution < 1.29 is 14.6 Å². The normalized spacial score (nSPS) is 12.9. The fraction of sp³-hybridized carbons (Fsp3) is 0.400. The fourth-order valence-electron chi connectivity index (χ4n) is 0.898. The van der Waals surface area contributed by atoms with Gasteiger partial charge in [0.05, 0.1) is 5.56 Å². The molecule has 1 aromatic heterocycles. The molecule has 82 valence electrons. The Hall–Kier alpha value is -1.36. The molecule has 15 heavy (non-hydrogen) atoms. The second kappa shape index (κ2) is 4.02. The third-order valence-electron chi connectivity index (χ3n) is 1.82. The van der Waals surface area contributed by atoms with E-state index in [0.29, 0.717) is 4.88 Å². The number of carboxylic acid groups (broad SMARTS) is 1. The van der Waals surface area contributed by atoms with Gasteiger partial charge in [-0.25, -0.2) is 9.53 Å². The summed E-state index contributed by atoms with van der Waals surface area (Å²) in [5, 5.41) is 22.1. The maximum absolute atomic E-state index is 11.6. The van der Waals surface area contributed by atoms with Crippen molar-refractivity contribution in [1.82, 2.24) is 0 Å². The standard InChI is InChI=1S/C10H13NO3S/c1-10(2,3)11(14)6-8-7(9(12)13)4-5-15-8/h4-6H,1-3H3,(H,12,13)/b11-6-. The van der Waals surface area contributed by atoms with Crippen LogP contribution in [0.15, 0.2) is 11.4 Å². The Bertz CT molecular complexity index is 401. The molecule has 4 nitrogen and oxygen atoms in total. The molecule has 1 heterocycles. The molecule has 5 heteroatoms. The van der Waals surface area contributed by atoms with Crippen LogP contribution in [0.3, 0.4) is 0 Å². The Morgan fingerprint density at radius 1 is 1.60 bits per heavy atom. The van der Waals surface area contributed by atoms with Gasteiger partial charge in [0.25, 0.3) is 0 Å². The van der Waals surface area contributed by atoms with Gasteiger partial charge in [0.15, 0.2) is 11.8 Å². The Labute approximate surface area is 92.1 Å². The lowest BCUT2D eigenvalue weighted by molar-refractivity contribution is -0.530. The van der Waals surface area contributed by atoms with Gasteiger partial charge in [-0.1, -0.05) is 0 Å². The highest BCUT2D eigenvalue weighted by Gasteiger charge is 2.20. The van der Waals surface area contributed by atoms with Crippen molar-refractivity contribution in [3.05, 3.63) is 27.1 Å². The van der Waals surface area contributed by atoms with E-state index < -0.39 is 11.5 Å².